The SMILES string of the molecule is OCC1(Nc2nc(Cl)c(Cl)cc2Cl)CCOCC1. The summed E-state index contributed by atoms with van der Waals surface area (Å²) < 4.78 is 5.29. The lowest BCUT2D eigenvalue weighted by molar-refractivity contribution is 0.0378. The van der Waals surface area contributed by atoms with Crippen LogP contribution >= 0.6 is 34.8 Å². The van der Waals surface area contributed by atoms with Crippen molar-refractivity contribution in [3.63, 3.8) is 0 Å². The largest absolute Gasteiger partial charge is 0.394 e. The molecule has 1 saturated heterocycles. The van der Waals surface area contributed by atoms with E-state index in [1.165, 1.54) is 6.07 Å². The fourth-order valence-corrected chi connectivity index (χ4v) is 2.41. The lowest BCUT2D eigenvalue weighted by atomic mass is 9.91. The third-order valence-corrected chi connectivity index (χ3v) is 3.98. The van der Waals surface area contributed by atoms with Gasteiger partial charge in [-0.05, 0) is 18.9 Å². The fraction of sp³-hybridized carbons (Fsp3) is 0.545. The highest BCUT2D eigenvalue weighted by Crippen LogP contribution is 2.32. The Bertz CT molecular complexity index is 437. The molecule has 4 nitrogen and oxygen atoms in total. The first-order valence-electron chi connectivity index (χ1n) is 5.55. The number of anilines is 1. The van der Waals surface area contributed by atoms with Gasteiger partial charge in [-0.15, -0.1) is 0 Å². The van der Waals surface area contributed by atoms with Crippen molar-refractivity contribution >= 4 is 40.6 Å². The summed E-state index contributed by atoms with van der Waals surface area (Å²) >= 11 is 17.7. The number of halogens is 3. The van der Waals surface area contributed by atoms with Gasteiger partial charge in [-0.3, -0.25) is 0 Å². The highest BCUT2D eigenvalue weighted by atomic mass is 35.5. The van der Waals surface area contributed by atoms with E-state index in [4.69, 9.17) is 39.5 Å². The van der Waals surface area contributed by atoms with E-state index in [0.29, 0.717) is 41.9 Å². The summed E-state index contributed by atoms with van der Waals surface area (Å²) in [6.45, 7) is 1.16. The van der Waals surface area contributed by atoms with E-state index < -0.39 is 5.54 Å². The Kier molecular flexibility index (Phi) is 4.56. The van der Waals surface area contributed by atoms with Crippen molar-refractivity contribution in [3.8, 4) is 0 Å². The highest BCUT2D eigenvalue weighted by Gasteiger charge is 2.32. The lowest BCUT2D eigenvalue weighted by Gasteiger charge is -2.37. The van der Waals surface area contributed by atoms with Gasteiger partial charge in [0.2, 0.25) is 0 Å². The number of aromatic nitrogens is 1. The normalized spacial score (nSPS) is 18.7. The van der Waals surface area contributed by atoms with Crippen molar-refractivity contribution in [1.29, 1.82) is 0 Å². The smallest absolute Gasteiger partial charge is 0.150 e. The van der Waals surface area contributed by atoms with E-state index in [9.17, 15) is 5.11 Å². The van der Waals surface area contributed by atoms with Gasteiger partial charge in [0.15, 0.2) is 0 Å². The second-order valence-electron chi connectivity index (χ2n) is 4.27. The molecule has 1 aromatic heterocycles. The van der Waals surface area contributed by atoms with Gasteiger partial charge in [-0.1, -0.05) is 34.8 Å². The lowest BCUT2D eigenvalue weighted by Crippen LogP contribution is -2.47. The number of pyridine rings is 1. The molecule has 0 atom stereocenters. The Hall–Kier alpha value is -0.260. The van der Waals surface area contributed by atoms with Gasteiger partial charge in [0, 0.05) is 13.2 Å². The molecule has 1 aliphatic heterocycles. The van der Waals surface area contributed by atoms with Gasteiger partial charge in [0.25, 0.3) is 0 Å². The second kappa shape index (κ2) is 5.80. The van der Waals surface area contributed by atoms with E-state index in [-0.39, 0.29) is 11.8 Å². The summed E-state index contributed by atoms with van der Waals surface area (Å²) in [5.41, 5.74) is -0.466. The van der Waals surface area contributed by atoms with Crippen LogP contribution in [0.5, 0.6) is 0 Å². The summed E-state index contributed by atoms with van der Waals surface area (Å²) in [4.78, 5) is 4.10. The molecule has 0 aromatic carbocycles. The zero-order valence-electron chi connectivity index (χ0n) is 9.55. The molecule has 18 heavy (non-hydrogen) atoms. The molecule has 0 bridgehead atoms. The number of hydrogen-bond acceptors (Lipinski definition) is 4. The van der Waals surface area contributed by atoms with Gasteiger partial charge < -0.3 is 15.2 Å². The van der Waals surface area contributed by atoms with Crippen LogP contribution in [-0.4, -0.2) is 35.5 Å². The standard InChI is InChI=1S/C11H13Cl3N2O2/c12-7-5-8(13)10(15-9(7)14)16-11(6-17)1-3-18-4-2-11/h5,17H,1-4,6H2,(H,15,16). The summed E-state index contributed by atoms with van der Waals surface area (Å²) in [5, 5.41) is 13.6. The molecular formula is C11H13Cl3N2O2. The molecule has 1 aromatic rings. The molecule has 100 valence electrons. The van der Waals surface area contributed by atoms with Crippen LogP contribution in [-0.2, 0) is 4.74 Å². The number of nitrogens with one attached hydrogen (secondary N) is 1. The average molecular weight is 312 g/mol. The van der Waals surface area contributed by atoms with E-state index >= 15 is 0 Å². The third kappa shape index (κ3) is 3.00. The Labute approximate surface area is 120 Å². The number of ether oxygens (including phenoxy) is 1. The first-order valence-corrected chi connectivity index (χ1v) is 6.68. The van der Waals surface area contributed by atoms with Gasteiger partial charge in [-0.25, -0.2) is 4.98 Å². The molecule has 1 fully saturated rings. The molecule has 0 saturated carbocycles. The zero-order valence-corrected chi connectivity index (χ0v) is 11.8. The predicted octanol–water partition coefficient (Wildman–Crippen LogP) is 3.00. The Morgan fingerprint density at radius 2 is 1.94 bits per heavy atom. The van der Waals surface area contributed by atoms with E-state index in [1.807, 2.05) is 0 Å². The minimum atomic E-state index is -0.466. The maximum Gasteiger partial charge on any atom is 0.150 e. The van der Waals surface area contributed by atoms with Crippen molar-refractivity contribution in [1.82, 2.24) is 4.98 Å². The van der Waals surface area contributed by atoms with Crippen LogP contribution < -0.4 is 5.32 Å². The van der Waals surface area contributed by atoms with E-state index in [1.54, 1.807) is 0 Å². The first kappa shape index (κ1) is 14.2. The average Bonchev–Trinajstić information content (AvgIpc) is 2.37. The van der Waals surface area contributed by atoms with E-state index in [0.717, 1.165) is 0 Å². The minimum absolute atomic E-state index is 0.0192. The monoisotopic (exact) mass is 310 g/mol. The van der Waals surface area contributed by atoms with Crippen molar-refractivity contribution < 1.29 is 9.84 Å². The molecule has 2 heterocycles. The molecule has 0 spiro atoms. The van der Waals surface area contributed by atoms with Crippen LogP contribution in [0.3, 0.4) is 0 Å². The van der Waals surface area contributed by atoms with Gasteiger partial charge in [0.1, 0.15) is 11.0 Å². The van der Waals surface area contributed by atoms with Crippen LogP contribution in [0.25, 0.3) is 0 Å². The molecule has 0 unspecified atom stereocenters. The highest BCUT2D eigenvalue weighted by molar-refractivity contribution is 6.42. The van der Waals surface area contributed by atoms with Crippen molar-refractivity contribution in [2.45, 2.75) is 18.4 Å². The number of hydrogen-bond donors (Lipinski definition) is 2. The molecular weight excluding hydrogens is 298 g/mol. The minimum Gasteiger partial charge on any atom is -0.394 e. The van der Waals surface area contributed by atoms with Crippen molar-refractivity contribution in [2.24, 2.45) is 0 Å². The van der Waals surface area contributed by atoms with Gasteiger partial charge in [0.05, 0.1) is 22.2 Å². The van der Waals surface area contributed by atoms with Crippen molar-refractivity contribution in [2.75, 3.05) is 25.1 Å². The number of aliphatic hydroxyl groups is 1. The third-order valence-electron chi connectivity index (χ3n) is 3.02. The Morgan fingerprint density at radius 3 is 2.56 bits per heavy atom. The summed E-state index contributed by atoms with van der Waals surface area (Å²) in [5.74, 6) is 0.432. The van der Waals surface area contributed by atoms with Gasteiger partial charge >= 0.3 is 0 Å². The molecule has 0 amide bonds. The van der Waals surface area contributed by atoms with E-state index in [2.05, 4.69) is 10.3 Å². The maximum absolute atomic E-state index is 9.57. The van der Waals surface area contributed by atoms with Gasteiger partial charge in [-0.2, -0.15) is 0 Å². The Balaban J connectivity index is 2.24. The zero-order chi connectivity index (χ0) is 13.2. The second-order valence-corrected chi connectivity index (χ2v) is 5.44. The molecule has 2 rings (SSSR count). The fourth-order valence-electron chi connectivity index (χ4n) is 1.87. The molecule has 0 radical (unpaired) electrons. The summed E-state index contributed by atoms with van der Waals surface area (Å²) in [6, 6.07) is 1.53. The van der Waals surface area contributed by atoms with Crippen molar-refractivity contribution in [3.05, 3.63) is 21.3 Å². The van der Waals surface area contributed by atoms with Crippen LogP contribution in [0.1, 0.15) is 12.8 Å². The van der Waals surface area contributed by atoms with Crippen LogP contribution in [0.2, 0.25) is 15.2 Å². The van der Waals surface area contributed by atoms with Crippen LogP contribution in [0.15, 0.2) is 6.07 Å². The molecule has 2 N–H and O–H groups in total. The number of nitrogens with zero attached hydrogens (tertiary/aromatic N) is 1. The van der Waals surface area contributed by atoms with Crippen LogP contribution in [0, 0.1) is 0 Å². The maximum atomic E-state index is 9.57. The summed E-state index contributed by atoms with van der Waals surface area (Å²) in [7, 11) is 0. The quantitative estimate of drug-likeness (QED) is 0.843. The topological polar surface area (TPSA) is 54.4 Å². The number of aliphatic hydroxyl groups excluding tert-OH is 1. The first-order chi connectivity index (χ1) is 8.56. The summed E-state index contributed by atoms with van der Waals surface area (Å²) in [6.07, 6.45) is 1.36. The number of rotatable bonds is 3. The molecule has 0 aliphatic carbocycles. The molecule has 7 heteroatoms. The predicted molar refractivity (Wildman–Crippen MR) is 72.8 cm³/mol. The Morgan fingerprint density at radius 1 is 1.28 bits per heavy atom. The molecule has 1 aliphatic rings. The van der Waals surface area contributed by atoms with Crippen LogP contribution in [0.4, 0.5) is 5.82 Å².